The summed E-state index contributed by atoms with van der Waals surface area (Å²) in [5, 5.41) is 1.86. The molecule has 0 spiro atoms. The molecule has 0 aliphatic rings. The second kappa shape index (κ2) is 4.31. The number of carbonyl (C=O) groups excluding carboxylic acids is 1. The van der Waals surface area contributed by atoms with Crippen LogP contribution >= 0.6 is 0 Å². The molecule has 4 nitrogen and oxygen atoms in total. The quantitative estimate of drug-likeness (QED) is 0.493. The Hall–Kier alpha value is -2.49. The standard InChI is InChI=1S/C15H12N2O2/c1-9-3-4-10-6-11-7-12(15(18)19-2)8-16-14(11)17-13(10)5-9/h3-8H,1-2H3. The Bertz CT molecular complexity index is 797. The van der Waals surface area contributed by atoms with Crippen molar-refractivity contribution in [2.45, 2.75) is 6.92 Å². The van der Waals surface area contributed by atoms with E-state index < -0.39 is 5.97 Å². The zero-order chi connectivity index (χ0) is 13.4. The molecular weight excluding hydrogens is 240 g/mol. The van der Waals surface area contributed by atoms with Crippen LogP contribution in [0, 0.1) is 6.92 Å². The summed E-state index contributed by atoms with van der Waals surface area (Å²) in [5.41, 5.74) is 3.13. The molecule has 4 heteroatoms. The maximum absolute atomic E-state index is 11.5. The maximum Gasteiger partial charge on any atom is 0.339 e. The molecule has 0 aliphatic heterocycles. The third-order valence-electron chi connectivity index (χ3n) is 3.04. The van der Waals surface area contributed by atoms with Crippen LogP contribution in [0.3, 0.4) is 0 Å². The van der Waals surface area contributed by atoms with Crippen LogP contribution in [0.2, 0.25) is 0 Å². The number of fused-ring (bicyclic) bond motifs is 2. The Kier molecular flexibility index (Phi) is 2.63. The van der Waals surface area contributed by atoms with Crippen molar-refractivity contribution in [3.05, 3.63) is 47.7 Å². The summed E-state index contributed by atoms with van der Waals surface area (Å²) < 4.78 is 4.69. The number of methoxy groups -OCH3 is 1. The van der Waals surface area contributed by atoms with Gasteiger partial charge in [0.15, 0.2) is 5.65 Å². The van der Waals surface area contributed by atoms with Crippen molar-refractivity contribution >= 4 is 27.9 Å². The SMILES string of the molecule is COC(=O)c1cnc2nc3cc(C)ccc3cc2c1. The summed E-state index contributed by atoms with van der Waals surface area (Å²) >= 11 is 0. The third-order valence-corrected chi connectivity index (χ3v) is 3.04. The Balaban J connectivity index is 2.26. The Morgan fingerprint density at radius 1 is 1.16 bits per heavy atom. The van der Waals surface area contributed by atoms with E-state index in [1.807, 2.05) is 31.2 Å². The molecule has 0 saturated carbocycles. The summed E-state index contributed by atoms with van der Waals surface area (Å²) in [6.07, 6.45) is 1.49. The Morgan fingerprint density at radius 3 is 2.79 bits per heavy atom. The van der Waals surface area contributed by atoms with Crippen LogP contribution in [0.25, 0.3) is 21.9 Å². The number of aromatic nitrogens is 2. The molecule has 0 atom stereocenters. The minimum atomic E-state index is -0.390. The molecule has 0 aliphatic carbocycles. The van der Waals surface area contributed by atoms with Gasteiger partial charge in [0.05, 0.1) is 18.2 Å². The van der Waals surface area contributed by atoms with E-state index in [9.17, 15) is 4.79 Å². The summed E-state index contributed by atoms with van der Waals surface area (Å²) in [6, 6.07) is 9.80. The van der Waals surface area contributed by atoms with Crippen LogP contribution < -0.4 is 0 Å². The number of nitrogens with zero attached hydrogens (tertiary/aromatic N) is 2. The minimum absolute atomic E-state index is 0.390. The Morgan fingerprint density at radius 2 is 2.00 bits per heavy atom. The molecule has 2 aromatic heterocycles. The predicted octanol–water partition coefficient (Wildman–Crippen LogP) is 2.88. The van der Waals surface area contributed by atoms with Gasteiger partial charge in [-0.2, -0.15) is 0 Å². The predicted molar refractivity (Wildman–Crippen MR) is 73.1 cm³/mol. The highest BCUT2D eigenvalue weighted by Gasteiger charge is 2.08. The van der Waals surface area contributed by atoms with Gasteiger partial charge in [-0.1, -0.05) is 12.1 Å². The first-order valence-electron chi connectivity index (χ1n) is 5.93. The molecule has 1 aromatic carbocycles. The molecule has 0 fully saturated rings. The van der Waals surface area contributed by atoms with Gasteiger partial charge in [0.25, 0.3) is 0 Å². The van der Waals surface area contributed by atoms with Crippen LogP contribution in [0.1, 0.15) is 15.9 Å². The molecule has 0 radical (unpaired) electrons. The highest BCUT2D eigenvalue weighted by Crippen LogP contribution is 2.20. The number of hydrogen-bond acceptors (Lipinski definition) is 4. The van der Waals surface area contributed by atoms with Gasteiger partial charge in [0, 0.05) is 17.0 Å². The number of pyridine rings is 2. The van der Waals surface area contributed by atoms with Gasteiger partial charge in [-0.05, 0) is 30.7 Å². The monoisotopic (exact) mass is 252 g/mol. The number of benzene rings is 1. The van der Waals surface area contributed by atoms with Crippen LogP contribution in [0.15, 0.2) is 36.5 Å². The molecule has 0 N–H and O–H groups in total. The van der Waals surface area contributed by atoms with E-state index in [2.05, 4.69) is 14.7 Å². The lowest BCUT2D eigenvalue weighted by molar-refractivity contribution is 0.0600. The lowest BCUT2D eigenvalue weighted by atomic mass is 10.1. The van der Waals surface area contributed by atoms with E-state index in [4.69, 9.17) is 0 Å². The lowest BCUT2D eigenvalue weighted by Gasteiger charge is -2.04. The van der Waals surface area contributed by atoms with Crippen molar-refractivity contribution in [3.8, 4) is 0 Å². The smallest absolute Gasteiger partial charge is 0.339 e. The van der Waals surface area contributed by atoms with Crippen LogP contribution in [0.4, 0.5) is 0 Å². The number of esters is 1. The van der Waals surface area contributed by atoms with Crippen LogP contribution in [-0.4, -0.2) is 23.0 Å². The lowest BCUT2D eigenvalue weighted by Crippen LogP contribution is -2.02. The normalized spacial score (nSPS) is 10.8. The fourth-order valence-electron chi connectivity index (χ4n) is 2.06. The highest BCUT2D eigenvalue weighted by molar-refractivity contribution is 5.96. The summed E-state index contributed by atoms with van der Waals surface area (Å²) in [4.78, 5) is 20.2. The molecule has 0 amide bonds. The topological polar surface area (TPSA) is 52.1 Å². The van der Waals surface area contributed by atoms with E-state index in [1.165, 1.54) is 13.3 Å². The van der Waals surface area contributed by atoms with Crippen LogP contribution in [-0.2, 0) is 4.74 Å². The molecule has 0 saturated heterocycles. The van der Waals surface area contributed by atoms with Gasteiger partial charge in [-0.15, -0.1) is 0 Å². The van der Waals surface area contributed by atoms with Gasteiger partial charge in [-0.25, -0.2) is 14.8 Å². The molecular formula is C15H12N2O2. The first-order chi connectivity index (χ1) is 9.17. The zero-order valence-electron chi connectivity index (χ0n) is 10.7. The fraction of sp³-hybridized carbons (Fsp3) is 0.133. The summed E-state index contributed by atoms with van der Waals surface area (Å²) in [5.74, 6) is -0.390. The highest BCUT2D eigenvalue weighted by atomic mass is 16.5. The molecule has 3 rings (SSSR count). The van der Waals surface area contributed by atoms with Crippen molar-refractivity contribution in [2.24, 2.45) is 0 Å². The molecule has 94 valence electrons. The second-order valence-electron chi connectivity index (χ2n) is 4.45. The van der Waals surface area contributed by atoms with Gasteiger partial charge in [-0.3, -0.25) is 0 Å². The largest absolute Gasteiger partial charge is 0.465 e. The first kappa shape index (κ1) is 11.6. The van der Waals surface area contributed by atoms with Crippen molar-refractivity contribution in [2.75, 3.05) is 7.11 Å². The average Bonchev–Trinajstić information content (AvgIpc) is 2.43. The summed E-state index contributed by atoms with van der Waals surface area (Å²) in [7, 11) is 1.36. The zero-order valence-corrected chi connectivity index (χ0v) is 10.7. The minimum Gasteiger partial charge on any atom is -0.465 e. The van der Waals surface area contributed by atoms with Crippen molar-refractivity contribution < 1.29 is 9.53 Å². The average molecular weight is 252 g/mol. The van der Waals surface area contributed by atoms with Crippen molar-refractivity contribution in [1.29, 1.82) is 0 Å². The van der Waals surface area contributed by atoms with Crippen LogP contribution in [0.5, 0.6) is 0 Å². The van der Waals surface area contributed by atoms with E-state index in [0.717, 1.165) is 21.9 Å². The van der Waals surface area contributed by atoms with E-state index in [-0.39, 0.29) is 0 Å². The van der Waals surface area contributed by atoms with Gasteiger partial charge in [0.1, 0.15) is 0 Å². The van der Waals surface area contributed by atoms with Crippen molar-refractivity contribution in [3.63, 3.8) is 0 Å². The summed E-state index contributed by atoms with van der Waals surface area (Å²) in [6.45, 7) is 2.03. The fourth-order valence-corrected chi connectivity index (χ4v) is 2.06. The molecule has 0 unspecified atom stereocenters. The van der Waals surface area contributed by atoms with Gasteiger partial charge < -0.3 is 4.74 Å². The maximum atomic E-state index is 11.5. The molecule has 19 heavy (non-hydrogen) atoms. The van der Waals surface area contributed by atoms with E-state index in [1.54, 1.807) is 6.07 Å². The van der Waals surface area contributed by atoms with Gasteiger partial charge in [0.2, 0.25) is 0 Å². The molecule has 3 aromatic rings. The van der Waals surface area contributed by atoms with E-state index in [0.29, 0.717) is 11.2 Å². The molecule has 2 heterocycles. The number of hydrogen-bond donors (Lipinski definition) is 0. The Labute approximate surface area is 110 Å². The number of rotatable bonds is 1. The number of carbonyl (C=O) groups is 1. The van der Waals surface area contributed by atoms with E-state index >= 15 is 0 Å². The first-order valence-corrected chi connectivity index (χ1v) is 5.93. The van der Waals surface area contributed by atoms with Gasteiger partial charge >= 0.3 is 5.97 Å². The second-order valence-corrected chi connectivity index (χ2v) is 4.45. The van der Waals surface area contributed by atoms with Crippen molar-refractivity contribution in [1.82, 2.24) is 9.97 Å². The number of aryl methyl sites for hydroxylation is 1. The third kappa shape index (κ3) is 2.01. The molecule has 0 bridgehead atoms. The number of ether oxygens (including phenoxy) is 1.